The molecule has 0 aromatic heterocycles. The highest BCUT2D eigenvalue weighted by atomic mass is 32.2. The monoisotopic (exact) mass is 241 g/mol. The predicted octanol–water partition coefficient (Wildman–Crippen LogP) is 1.50. The fraction of sp³-hybridized carbons (Fsp3) is 0.100. The Bertz CT molecular complexity index is 563. The maximum atomic E-state index is 13.1. The second-order valence-electron chi connectivity index (χ2n) is 3.07. The number of aliphatic imine (C=N–C) groups is 1. The van der Waals surface area contributed by atoms with Crippen molar-refractivity contribution in [1.82, 2.24) is 0 Å². The van der Waals surface area contributed by atoms with Gasteiger partial charge in [-0.05, 0) is 12.1 Å². The lowest BCUT2D eigenvalue weighted by Gasteiger charge is -2.06. The van der Waals surface area contributed by atoms with Gasteiger partial charge in [0.05, 0.1) is 5.41 Å². The van der Waals surface area contributed by atoms with Gasteiger partial charge in [-0.15, -0.1) is 0 Å². The van der Waals surface area contributed by atoms with Crippen molar-refractivity contribution in [3.8, 4) is 5.75 Å². The molecule has 16 heavy (non-hydrogen) atoms. The van der Waals surface area contributed by atoms with Gasteiger partial charge in [-0.1, -0.05) is 12.1 Å². The van der Waals surface area contributed by atoms with Gasteiger partial charge in [0.2, 0.25) is 9.84 Å². The Labute approximate surface area is 92.0 Å². The number of hydrogen-bond acceptors (Lipinski definition) is 4. The minimum atomic E-state index is -3.45. The lowest BCUT2D eigenvalue weighted by molar-refractivity contribution is 0.355. The number of halogens is 1. The molecule has 0 spiro atoms. The van der Waals surface area contributed by atoms with Crippen LogP contribution in [-0.2, 0) is 9.84 Å². The van der Waals surface area contributed by atoms with Gasteiger partial charge in [0.15, 0.2) is 16.6 Å². The van der Waals surface area contributed by atoms with Crippen LogP contribution in [0.1, 0.15) is 0 Å². The molecule has 4 nitrogen and oxygen atoms in total. The molecule has 0 radical (unpaired) electrons. The minimum absolute atomic E-state index is 0.00676. The van der Waals surface area contributed by atoms with Crippen LogP contribution in [0.4, 0.5) is 4.39 Å². The van der Waals surface area contributed by atoms with E-state index in [4.69, 9.17) is 4.74 Å². The van der Waals surface area contributed by atoms with Crippen molar-refractivity contribution >= 4 is 14.9 Å². The van der Waals surface area contributed by atoms with E-state index in [1.54, 1.807) is 6.07 Å². The van der Waals surface area contributed by atoms with E-state index in [1.165, 1.54) is 24.4 Å². The molecule has 0 saturated heterocycles. The van der Waals surface area contributed by atoms with Crippen molar-refractivity contribution in [2.24, 2.45) is 4.99 Å². The summed E-state index contributed by atoms with van der Waals surface area (Å²) in [6, 6.07) is 5.78. The number of benzene rings is 1. The van der Waals surface area contributed by atoms with E-state index in [1.807, 2.05) is 0 Å². The third kappa shape index (κ3) is 2.11. The van der Waals surface area contributed by atoms with Crippen molar-refractivity contribution in [3.63, 3.8) is 0 Å². The highest BCUT2D eigenvalue weighted by Crippen LogP contribution is 2.16. The highest BCUT2D eigenvalue weighted by Gasteiger charge is 2.21. The Hall–Kier alpha value is -1.69. The normalized spacial score (nSPS) is 17.2. The van der Waals surface area contributed by atoms with Crippen LogP contribution in [0.15, 0.2) is 40.9 Å². The van der Waals surface area contributed by atoms with E-state index < -0.39 is 15.7 Å². The number of para-hydroxylation sites is 1. The van der Waals surface area contributed by atoms with Gasteiger partial charge in [0.1, 0.15) is 6.61 Å². The third-order valence-electron chi connectivity index (χ3n) is 1.97. The zero-order valence-corrected chi connectivity index (χ0v) is 8.95. The molecule has 2 rings (SSSR count). The van der Waals surface area contributed by atoms with Crippen LogP contribution in [0.5, 0.6) is 5.75 Å². The quantitative estimate of drug-likeness (QED) is 0.805. The molecular weight excluding hydrogens is 233 g/mol. The summed E-state index contributed by atoms with van der Waals surface area (Å²) >= 11 is 0. The SMILES string of the molecule is O=S1(=O)C=CN=C1COc1ccccc1F. The Morgan fingerprint density at radius 1 is 1.31 bits per heavy atom. The lowest BCUT2D eigenvalue weighted by Crippen LogP contribution is -2.18. The third-order valence-corrected chi connectivity index (χ3v) is 3.33. The molecule has 1 aromatic rings. The summed E-state index contributed by atoms with van der Waals surface area (Å²) in [7, 11) is -3.45. The number of sulfone groups is 1. The van der Waals surface area contributed by atoms with Gasteiger partial charge in [0, 0.05) is 6.20 Å². The maximum absolute atomic E-state index is 13.1. The molecule has 0 fully saturated rings. The van der Waals surface area contributed by atoms with Crippen LogP contribution >= 0.6 is 0 Å². The minimum Gasteiger partial charge on any atom is -0.483 e. The average Bonchev–Trinajstić information content (AvgIpc) is 2.57. The number of rotatable bonds is 3. The van der Waals surface area contributed by atoms with Gasteiger partial charge in [-0.25, -0.2) is 17.8 Å². The predicted molar refractivity (Wildman–Crippen MR) is 57.4 cm³/mol. The summed E-state index contributed by atoms with van der Waals surface area (Å²) in [6.45, 7) is -0.268. The van der Waals surface area contributed by atoms with Crippen LogP contribution in [-0.4, -0.2) is 20.1 Å². The van der Waals surface area contributed by atoms with Crippen molar-refractivity contribution in [3.05, 3.63) is 41.7 Å². The summed E-state index contributed by atoms with van der Waals surface area (Å²) in [5.41, 5.74) is 0. The number of hydrogen-bond donors (Lipinski definition) is 0. The molecule has 0 aliphatic carbocycles. The molecule has 0 amide bonds. The van der Waals surface area contributed by atoms with E-state index in [2.05, 4.69) is 4.99 Å². The van der Waals surface area contributed by atoms with Crippen LogP contribution in [0.25, 0.3) is 0 Å². The summed E-state index contributed by atoms with van der Waals surface area (Å²) in [5.74, 6) is -0.529. The van der Waals surface area contributed by atoms with E-state index in [0.29, 0.717) is 0 Å². The highest BCUT2D eigenvalue weighted by molar-refractivity contribution is 8.09. The van der Waals surface area contributed by atoms with E-state index in [-0.39, 0.29) is 17.4 Å². The summed E-state index contributed by atoms with van der Waals surface area (Å²) in [5, 5.41) is 0.864. The molecule has 0 bridgehead atoms. The zero-order chi connectivity index (χ0) is 11.6. The van der Waals surface area contributed by atoms with Crippen molar-refractivity contribution in [2.75, 3.05) is 6.61 Å². The fourth-order valence-corrected chi connectivity index (χ4v) is 1.98. The Balaban J connectivity index is 2.08. The second-order valence-corrected chi connectivity index (χ2v) is 4.91. The average molecular weight is 241 g/mol. The number of ether oxygens (including phenoxy) is 1. The van der Waals surface area contributed by atoms with Crippen LogP contribution in [0.2, 0.25) is 0 Å². The molecule has 0 atom stereocenters. The Morgan fingerprint density at radius 2 is 2.06 bits per heavy atom. The van der Waals surface area contributed by atoms with Gasteiger partial charge < -0.3 is 4.74 Å². The van der Waals surface area contributed by atoms with Gasteiger partial charge in [-0.2, -0.15) is 0 Å². The maximum Gasteiger partial charge on any atom is 0.218 e. The number of nitrogens with zero attached hydrogens (tertiary/aromatic N) is 1. The molecule has 0 saturated carbocycles. The van der Waals surface area contributed by atoms with E-state index in [0.717, 1.165) is 5.41 Å². The van der Waals surface area contributed by atoms with Gasteiger partial charge in [-0.3, -0.25) is 0 Å². The van der Waals surface area contributed by atoms with Crippen molar-refractivity contribution < 1.29 is 17.5 Å². The molecule has 1 aliphatic rings. The molecule has 1 heterocycles. The van der Waals surface area contributed by atoms with Crippen molar-refractivity contribution in [1.29, 1.82) is 0 Å². The fourth-order valence-electron chi connectivity index (χ4n) is 1.17. The van der Waals surface area contributed by atoms with E-state index >= 15 is 0 Å². The lowest BCUT2D eigenvalue weighted by atomic mass is 10.3. The first-order valence-corrected chi connectivity index (χ1v) is 6.00. The van der Waals surface area contributed by atoms with Crippen LogP contribution < -0.4 is 4.74 Å². The van der Waals surface area contributed by atoms with Crippen LogP contribution in [0, 0.1) is 5.82 Å². The van der Waals surface area contributed by atoms with Crippen molar-refractivity contribution in [2.45, 2.75) is 0 Å². The molecule has 1 aromatic carbocycles. The standard InChI is InChI=1S/C10H8FNO3S/c11-8-3-1-2-4-9(8)15-7-10-12-5-6-16(10,13)14/h1-6H,7H2. The smallest absolute Gasteiger partial charge is 0.218 e. The van der Waals surface area contributed by atoms with E-state index in [9.17, 15) is 12.8 Å². The Morgan fingerprint density at radius 3 is 2.69 bits per heavy atom. The second kappa shape index (κ2) is 4.05. The first-order chi connectivity index (χ1) is 7.59. The van der Waals surface area contributed by atoms with Crippen LogP contribution in [0.3, 0.4) is 0 Å². The first-order valence-electron chi connectivity index (χ1n) is 4.45. The molecule has 6 heteroatoms. The Kier molecular flexibility index (Phi) is 2.74. The summed E-state index contributed by atoms with van der Waals surface area (Å²) in [6.07, 6.45) is 1.18. The summed E-state index contributed by atoms with van der Waals surface area (Å²) < 4.78 is 40.7. The molecule has 0 unspecified atom stereocenters. The topological polar surface area (TPSA) is 55.7 Å². The molecular formula is C10H8FNO3S. The summed E-state index contributed by atoms with van der Waals surface area (Å²) in [4.78, 5) is 3.63. The molecule has 84 valence electrons. The zero-order valence-electron chi connectivity index (χ0n) is 8.13. The first kappa shape index (κ1) is 10.8. The largest absolute Gasteiger partial charge is 0.483 e. The van der Waals surface area contributed by atoms with Gasteiger partial charge in [0.25, 0.3) is 0 Å². The van der Waals surface area contributed by atoms with Gasteiger partial charge >= 0.3 is 0 Å². The molecule has 1 aliphatic heterocycles. The molecule has 0 N–H and O–H groups in total.